The van der Waals surface area contributed by atoms with Gasteiger partial charge >= 0.3 is 36.9 Å². The number of phosphoric acid groups is 4. The highest BCUT2D eigenvalue weighted by Gasteiger charge is 2.54. The van der Waals surface area contributed by atoms with E-state index in [1.165, 1.54) is 35.0 Å². The van der Waals surface area contributed by atoms with Gasteiger partial charge in [-0.25, -0.2) is 42.8 Å². The molecule has 0 amide bonds. The van der Waals surface area contributed by atoms with Crippen LogP contribution in [0.1, 0.15) is 18.7 Å². The third kappa shape index (κ3) is 10.7. The van der Waals surface area contributed by atoms with Crippen molar-refractivity contribution in [3.05, 3.63) is 52.2 Å². The number of phosphoric ester groups is 3. The van der Waals surface area contributed by atoms with Gasteiger partial charge in [0.05, 0.1) is 45.7 Å². The van der Waals surface area contributed by atoms with Gasteiger partial charge in [-0.1, -0.05) is 0 Å². The van der Waals surface area contributed by atoms with Crippen molar-refractivity contribution in [1.82, 2.24) is 53.6 Å². The number of nitrogens with two attached hydrogens (primary N) is 2. The number of hydrogen-bond acceptors (Lipinski definition) is 28. The molecule has 6 aromatic heterocycles. The van der Waals surface area contributed by atoms with E-state index < -0.39 is 136 Å². The van der Waals surface area contributed by atoms with Crippen LogP contribution in [0.2, 0.25) is 0 Å². The number of imidazole rings is 3. The number of aromatic nitrogens is 12. The molecule has 6 aromatic rings. The Morgan fingerprint density at radius 1 is 0.662 bits per heavy atom. The highest BCUT2D eigenvalue weighted by molar-refractivity contribution is 7.66. The number of fused-ring (bicyclic) bond motifs is 3. The molecule has 0 saturated carbocycles. The van der Waals surface area contributed by atoms with Crippen LogP contribution in [-0.4, -0.2) is 175 Å². The quantitative estimate of drug-likeness (QED) is 0.0270. The van der Waals surface area contributed by atoms with Gasteiger partial charge in [-0.15, -0.1) is 0 Å². The van der Waals surface area contributed by atoms with Gasteiger partial charge in [0.25, 0.3) is 16.7 Å². The minimum Gasteiger partial charge on any atom is -0.387 e. The number of nitrogens with zero attached hydrogens (tertiary/aromatic N) is 10. The first kappa shape index (κ1) is 53.9. The smallest absolute Gasteiger partial charge is 0.387 e. The van der Waals surface area contributed by atoms with E-state index in [9.17, 15) is 67.8 Å². The highest BCUT2D eigenvalue weighted by Crippen LogP contribution is 2.68. The zero-order chi connectivity index (χ0) is 53.4. The molecule has 38 nitrogen and oxygen atoms in total. The second kappa shape index (κ2) is 20.2. The fourth-order valence-electron chi connectivity index (χ4n) is 8.20. The molecule has 0 aliphatic carbocycles. The maximum Gasteiger partial charge on any atom is 0.490 e. The number of nitrogen functional groups attached to an aromatic ring is 2. The van der Waals surface area contributed by atoms with Crippen LogP contribution in [0.25, 0.3) is 33.5 Å². The van der Waals surface area contributed by atoms with Crippen LogP contribution in [0, 0.1) is 0 Å². The van der Waals surface area contributed by atoms with Crippen molar-refractivity contribution in [1.29, 1.82) is 0 Å². The van der Waals surface area contributed by atoms with E-state index in [0.29, 0.717) is 0 Å². The molecule has 42 heteroatoms. The van der Waals surface area contributed by atoms with Gasteiger partial charge in [-0.3, -0.25) is 46.8 Å². The minimum atomic E-state index is -6.19. The van der Waals surface area contributed by atoms with E-state index in [-0.39, 0.29) is 45.4 Å². The maximum absolute atomic E-state index is 13.6. The molecule has 3 fully saturated rings. The lowest BCUT2D eigenvalue weighted by atomic mass is 10.1. The van der Waals surface area contributed by atoms with Crippen LogP contribution in [0.15, 0.2) is 41.1 Å². The molecule has 3 saturated heterocycles. The molecule has 0 spiro atoms. The molecule has 9 rings (SSSR count). The second-order valence-corrected chi connectivity index (χ2v) is 22.3. The van der Waals surface area contributed by atoms with E-state index in [0.717, 1.165) is 28.9 Å². The standard InChI is InChI=1S/C32H42N14O24P4/c1-43-10-46(25-16(43)27(52)42-32(34)40-25)29-20(50)18(48)13(66-29)5-63-72(55,56)69-74(59,60)70-73(57,58)64-6-14-21(22(61-2)30(67-14)44-8-37-11-3-35-7-36-23(11)44)68-71(53,54)62-4-12-17(47)19(49)28(65-12)45-9-38-15-24(45)39-31(33)41-26(15)51/h3,7-10,12-14,17-22,28-30,47-50H,4-6H2,1-2H3,(H9-,33,34,39,40,41,42,51,52,53,54,55,56,57,58,59,60)/p+1. The lowest BCUT2D eigenvalue weighted by Crippen LogP contribution is -2.38. The van der Waals surface area contributed by atoms with Crippen molar-refractivity contribution in [2.75, 3.05) is 38.4 Å². The number of aliphatic hydroxyl groups excluding tert-OH is 4. The Morgan fingerprint density at radius 2 is 1.19 bits per heavy atom. The van der Waals surface area contributed by atoms with Gasteiger partial charge in [0, 0.05) is 7.11 Å². The van der Waals surface area contributed by atoms with E-state index >= 15 is 0 Å². The van der Waals surface area contributed by atoms with Gasteiger partial charge < -0.3 is 70.4 Å². The van der Waals surface area contributed by atoms with Crippen molar-refractivity contribution >= 4 is 76.7 Å². The summed E-state index contributed by atoms with van der Waals surface area (Å²) >= 11 is 0. The Labute approximate surface area is 409 Å². The van der Waals surface area contributed by atoms with Crippen LogP contribution in [0.4, 0.5) is 11.9 Å². The Morgan fingerprint density at radius 3 is 1.81 bits per heavy atom. The molecular weight excluding hydrogens is 1090 g/mol. The van der Waals surface area contributed by atoms with E-state index in [2.05, 4.69) is 53.0 Å². The number of aliphatic hydroxyl groups is 4. The third-order valence-electron chi connectivity index (χ3n) is 11.4. The van der Waals surface area contributed by atoms with E-state index in [1.54, 1.807) is 0 Å². The maximum atomic E-state index is 13.6. The van der Waals surface area contributed by atoms with Gasteiger partial charge in [0.2, 0.25) is 24.5 Å². The third-order valence-corrected chi connectivity index (χ3v) is 16.6. The monoisotopic (exact) mass is 1130 g/mol. The van der Waals surface area contributed by atoms with Crippen LogP contribution in [0.3, 0.4) is 0 Å². The SMILES string of the molecule is COC1C(OP(=O)(O)OCC2OC(n3cnc4c(=O)[nH]c(N)nc43)C(O)C2O)C(COP(=O)(O)OP(=O)(O)OP(=O)(O)OCC2OC(n3c[n+](C)c4c(=O)[nH]c(N)nc43)C(O)C2O)OC1n1cnc2cncnc21. The van der Waals surface area contributed by atoms with E-state index in [1.807, 2.05) is 0 Å². The first-order valence-corrected chi connectivity index (χ1v) is 26.9. The van der Waals surface area contributed by atoms with Crippen molar-refractivity contribution in [3.8, 4) is 0 Å². The molecule has 3 aliphatic heterocycles. The summed E-state index contributed by atoms with van der Waals surface area (Å²) in [6, 6.07) is 0. The fraction of sp³-hybridized carbons (Fsp3) is 0.531. The number of anilines is 2. The zero-order valence-electron chi connectivity index (χ0n) is 37.5. The normalized spacial score (nSPS) is 30.7. The van der Waals surface area contributed by atoms with Crippen molar-refractivity contribution in [3.63, 3.8) is 0 Å². The average Bonchev–Trinajstić information content (AvgIpc) is 4.16. The number of aromatic amines is 2. The van der Waals surface area contributed by atoms with Crippen LogP contribution in [-0.2, 0) is 71.0 Å². The van der Waals surface area contributed by atoms with Gasteiger partial charge in [0.15, 0.2) is 29.3 Å². The predicted octanol–water partition coefficient (Wildman–Crippen LogP) is -4.29. The summed E-state index contributed by atoms with van der Waals surface area (Å²) in [5.74, 6) is -0.618. The Balaban J connectivity index is 0.854. The molecule has 0 aromatic carbocycles. The first-order chi connectivity index (χ1) is 34.8. The molecule has 16 unspecified atom stereocenters. The summed E-state index contributed by atoms with van der Waals surface area (Å²) < 4.78 is 109. The predicted molar refractivity (Wildman–Crippen MR) is 235 cm³/mol. The lowest BCUT2D eigenvalue weighted by molar-refractivity contribution is -0.646. The van der Waals surface area contributed by atoms with E-state index in [4.69, 9.17) is 44.0 Å². The number of methoxy groups -OCH3 is 1. The van der Waals surface area contributed by atoms with Gasteiger partial charge in [0.1, 0.15) is 66.8 Å². The molecule has 16 atom stereocenters. The van der Waals surface area contributed by atoms with Crippen LogP contribution >= 0.6 is 31.3 Å². The van der Waals surface area contributed by atoms with Crippen LogP contribution < -0.4 is 27.2 Å². The number of aryl methyl sites for hydroxylation is 1. The summed E-state index contributed by atoms with van der Waals surface area (Å²) in [5.41, 5.74) is 9.79. The largest absolute Gasteiger partial charge is 0.490 e. The Bertz CT molecular complexity index is 3410. The number of hydrogen-bond donors (Lipinski definition) is 12. The first-order valence-electron chi connectivity index (χ1n) is 20.9. The zero-order valence-corrected chi connectivity index (χ0v) is 41.0. The summed E-state index contributed by atoms with van der Waals surface area (Å²) in [5, 5.41) is 43.1. The molecular formula is C32H43N14O24P4+. The Hall–Kier alpha value is -4.95. The topological polar surface area (TPSA) is 536 Å². The summed E-state index contributed by atoms with van der Waals surface area (Å²) in [4.78, 5) is 95.6. The van der Waals surface area contributed by atoms with Crippen LogP contribution in [0.5, 0.6) is 0 Å². The Kier molecular flexibility index (Phi) is 14.7. The minimum absolute atomic E-state index is 0.0204. The molecule has 74 heavy (non-hydrogen) atoms. The molecule has 0 bridgehead atoms. The number of rotatable bonds is 19. The van der Waals surface area contributed by atoms with Crippen molar-refractivity contribution < 1.29 is 108 Å². The summed E-state index contributed by atoms with van der Waals surface area (Å²) in [6.07, 6.45) is -14.1. The fourth-order valence-corrected chi connectivity index (χ4v) is 12.7. The number of ether oxygens (including phenoxy) is 4. The van der Waals surface area contributed by atoms with Crippen molar-refractivity contribution in [2.45, 2.75) is 73.6 Å². The summed E-state index contributed by atoms with van der Waals surface area (Å²) in [6.45, 7) is -3.35. The van der Waals surface area contributed by atoms with Gasteiger partial charge in [-0.2, -0.15) is 23.2 Å². The lowest BCUT2D eigenvalue weighted by Gasteiger charge is -2.26. The summed E-state index contributed by atoms with van der Waals surface area (Å²) in [7, 11) is -20.8. The molecule has 14 N–H and O–H groups in total. The van der Waals surface area contributed by atoms with Gasteiger partial charge in [-0.05, 0) is 0 Å². The molecule has 404 valence electrons. The average molecular weight is 1130 g/mol. The molecule has 0 radical (unpaired) electrons. The number of H-pyrrole nitrogens is 2. The van der Waals surface area contributed by atoms with Crippen molar-refractivity contribution in [2.24, 2.45) is 7.05 Å². The highest BCUT2D eigenvalue weighted by atomic mass is 31.3. The second-order valence-electron chi connectivity index (χ2n) is 16.3. The molecule has 9 heterocycles. The number of nitrogens with one attached hydrogen (secondary N) is 2. The molecule has 3 aliphatic rings.